The fourth-order valence-corrected chi connectivity index (χ4v) is 5.08. The fraction of sp³-hybridized carbons (Fsp3) is 0.312. The van der Waals surface area contributed by atoms with Crippen LogP contribution in [-0.4, -0.2) is 52.8 Å². The number of aromatic nitrogens is 1. The van der Waals surface area contributed by atoms with E-state index in [-0.39, 0.29) is 19.2 Å². The lowest BCUT2D eigenvalue weighted by Crippen LogP contribution is -2.44. The zero-order valence-electron chi connectivity index (χ0n) is 23.6. The molecule has 1 fully saturated rings. The highest BCUT2D eigenvalue weighted by atomic mass is 19.4. The summed E-state index contributed by atoms with van der Waals surface area (Å²) in [4.78, 5) is 33.1. The van der Waals surface area contributed by atoms with Gasteiger partial charge in [0.2, 0.25) is 5.91 Å². The molecule has 0 unspecified atom stereocenters. The van der Waals surface area contributed by atoms with Crippen LogP contribution in [0.5, 0.6) is 5.75 Å². The van der Waals surface area contributed by atoms with Crippen LogP contribution >= 0.6 is 0 Å². The molecule has 0 bridgehead atoms. The van der Waals surface area contributed by atoms with Gasteiger partial charge in [-0.2, -0.15) is 26.3 Å². The molecule has 3 aromatic carbocycles. The number of benzene rings is 3. The van der Waals surface area contributed by atoms with E-state index in [0.29, 0.717) is 37.1 Å². The monoisotopic (exact) mass is 617 g/mol. The number of fused-ring (bicyclic) bond motifs is 1. The number of hydrogen-bond donors (Lipinski definition) is 1. The maximum Gasteiger partial charge on any atom is 0.416 e. The first-order valence-corrected chi connectivity index (χ1v) is 13.9. The topological polar surface area (TPSA) is 65.6 Å². The first-order chi connectivity index (χ1) is 20.8. The molecule has 1 aliphatic carbocycles. The molecule has 5 rings (SSSR count). The Morgan fingerprint density at radius 2 is 1.55 bits per heavy atom. The Hall–Kier alpha value is -4.48. The maximum absolute atomic E-state index is 13.8. The van der Waals surface area contributed by atoms with Crippen molar-refractivity contribution in [2.75, 3.05) is 20.2 Å². The lowest BCUT2D eigenvalue weighted by molar-refractivity contribution is -0.143. The molecule has 6 nitrogen and oxygen atoms in total. The Labute approximate surface area is 249 Å². The summed E-state index contributed by atoms with van der Waals surface area (Å²) in [5.74, 6) is -0.919. The number of methoxy groups -OCH3 is 1. The normalized spacial score (nSPS) is 13.6. The predicted octanol–water partition coefficient (Wildman–Crippen LogP) is 7.09. The number of aromatic amines is 1. The molecule has 0 aliphatic heterocycles. The molecular weight excluding hydrogens is 588 g/mol. The minimum atomic E-state index is -5.10. The number of nitrogens with zero attached hydrogens (tertiary/aromatic N) is 2. The molecule has 2 amide bonds. The van der Waals surface area contributed by atoms with Gasteiger partial charge in [0.15, 0.2) is 0 Å². The molecule has 0 spiro atoms. The molecule has 0 atom stereocenters. The lowest BCUT2D eigenvalue weighted by atomic mass is 10.0. The smallest absolute Gasteiger partial charge is 0.416 e. The average Bonchev–Trinajstić information content (AvgIpc) is 3.76. The molecule has 12 heteroatoms. The average molecular weight is 618 g/mol. The highest BCUT2D eigenvalue weighted by Crippen LogP contribution is 2.37. The van der Waals surface area contributed by atoms with E-state index in [0.717, 1.165) is 26.9 Å². The van der Waals surface area contributed by atoms with Crippen LogP contribution in [0.15, 0.2) is 72.9 Å². The van der Waals surface area contributed by atoms with Gasteiger partial charge in [-0.25, -0.2) is 0 Å². The van der Waals surface area contributed by atoms with E-state index >= 15 is 0 Å². The van der Waals surface area contributed by atoms with Crippen molar-refractivity contribution in [1.82, 2.24) is 14.8 Å². The number of carbonyl (C=O) groups is 2. The van der Waals surface area contributed by atoms with Crippen molar-refractivity contribution >= 4 is 22.7 Å². The molecule has 44 heavy (non-hydrogen) atoms. The predicted molar refractivity (Wildman–Crippen MR) is 151 cm³/mol. The SMILES string of the molecule is COc1ccc(CN(CCc2c[nH]c3ccccc23)C(=O)CN(C(=O)c2cc(C(F)(F)F)cc(C(F)(F)F)c2)C2CC2)cc1. The number of carbonyl (C=O) groups excluding carboxylic acids is 2. The number of ether oxygens (including phenoxy) is 1. The summed E-state index contributed by atoms with van der Waals surface area (Å²) in [6, 6.07) is 15.1. The number of para-hydroxylation sites is 1. The van der Waals surface area contributed by atoms with Crippen molar-refractivity contribution in [3.05, 3.63) is 101 Å². The van der Waals surface area contributed by atoms with Crippen LogP contribution in [0.1, 0.15) is 45.5 Å². The molecule has 232 valence electrons. The van der Waals surface area contributed by atoms with Gasteiger partial charge in [-0.3, -0.25) is 9.59 Å². The molecular formula is C32H29F6N3O3. The van der Waals surface area contributed by atoms with Gasteiger partial charge in [0.25, 0.3) is 5.91 Å². The van der Waals surface area contributed by atoms with Gasteiger partial charge >= 0.3 is 12.4 Å². The van der Waals surface area contributed by atoms with Gasteiger partial charge in [0, 0.05) is 41.8 Å². The quantitative estimate of drug-likeness (QED) is 0.193. The van der Waals surface area contributed by atoms with Crippen molar-refractivity contribution in [2.45, 2.75) is 44.2 Å². The summed E-state index contributed by atoms with van der Waals surface area (Å²) in [5.41, 5.74) is -1.27. The zero-order valence-corrected chi connectivity index (χ0v) is 23.6. The Morgan fingerprint density at radius 1 is 0.909 bits per heavy atom. The van der Waals surface area contributed by atoms with E-state index in [1.165, 1.54) is 7.11 Å². The van der Waals surface area contributed by atoms with Crippen LogP contribution in [0.25, 0.3) is 10.9 Å². The van der Waals surface area contributed by atoms with Crippen LogP contribution in [-0.2, 0) is 30.1 Å². The lowest BCUT2D eigenvalue weighted by Gasteiger charge is -2.28. The number of nitrogens with one attached hydrogen (secondary N) is 1. The third-order valence-electron chi connectivity index (χ3n) is 7.60. The van der Waals surface area contributed by atoms with Gasteiger partial charge in [-0.1, -0.05) is 30.3 Å². The van der Waals surface area contributed by atoms with Crippen molar-refractivity contribution in [3.63, 3.8) is 0 Å². The van der Waals surface area contributed by atoms with Crippen molar-refractivity contribution in [3.8, 4) is 5.75 Å². The summed E-state index contributed by atoms with van der Waals surface area (Å²) in [7, 11) is 1.53. The Kier molecular flexibility index (Phi) is 8.62. The number of hydrogen-bond acceptors (Lipinski definition) is 3. The van der Waals surface area contributed by atoms with Crippen molar-refractivity contribution < 1.29 is 40.7 Å². The Morgan fingerprint density at radius 3 is 2.14 bits per heavy atom. The largest absolute Gasteiger partial charge is 0.497 e. The standard InChI is InChI=1S/C32H29F6N3O3/c1-44-26-10-6-20(7-11-26)18-40(13-12-21-17-39-28-5-3-2-4-27(21)28)29(42)19-41(25-8-9-25)30(43)22-14-23(31(33,34)35)16-24(15-22)32(36,37)38/h2-7,10-11,14-17,25,39H,8-9,12-13,18-19H2,1H3. The van der Waals surface area contributed by atoms with Crippen LogP contribution in [0, 0.1) is 0 Å². The van der Waals surface area contributed by atoms with E-state index in [1.807, 2.05) is 30.5 Å². The summed E-state index contributed by atoms with van der Waals surface area (Å²) in [6.07, 6.45) is -6.92. The minimum absolute atomic E-state index is 0.0231. The second kappa shape index (κ2) is 12.3. The molecule has 0 saturated heterocycles. The first-order valence-electron chi connectivity index (χ1n) is 13.9. The minimum Gasteiger partial charge on any atom is -0.497 e. The highest BCUT2D eigenvalue weighted by molar-refractivity contribution is 5.97. The molecule has 4 aromatic rings. The van der Waals surface area contributed by atoms with E-state index in [1.54, 1.807) is 29.2 Å². The van der Waals surface area contributed by atoms with Gasteiger partial charge < -0.3 is 19.5 Å². The Bertz CT molecular complexity index is 1610. The van der Waals surface area contributed by atoms with Gasteiger partial charge in [0.05, 0.1) is 18.2 Å². The number of rotatable bonds is 10. The fourth-order valence-electron chi connectivity index (χ4n) is 5.08. The van der Waals surface area contributed by atoms with Gasteiger partial charge in [-0.15, -0.1) is 0 Å². The molecule has 1 N–H and O–H groups in total. The zero-order chi connectivity index (χ0) is 31.6. The molecule has 1 heterocycles. The second-order valence-electron chi connectivity index (χ2n) is 10.7. The number of halogens is 6. The van der Waals surface area contributed by atoms with Crippen molar-refractivity contribution in [1.29, 1.82) is 0 Å². The summed E-state index contributed by atoms with van der Waals surface area (Å²) < 4.78 is 86.1. The van der Waals surface area contributed by atoms with Crippen LogP contribution in [0.2, 0.25) is 0 Å². The Balaban J connectivity index is 1.41. The number of H-pyrrole nitrogens is 1. The molecule has 1 saturated carbocycles. The number of amides is 2. The van der Waals surface area contributed by atoms with E-state index in [4.69, 9.17) is 4.74 Å². The summed E-state index contributed by atoms with van der Waals surface area (Å²) in [6.45, 7) is -0.0774. The van der Waals surface area contributed by atoms with Crippen LogP contribution in [0.4, 0.5) is 26.3 Å². The van der Waals surface area contributed by atoms with Gasteiger partial charge in [0.1, 0.15) is 12.3 Å². The van der Waals surface area contributed by atoms with Crippen LogP contribution < -0.4 is 4.74 Å². The summed E-state index contributed by atoms with van der Waals surface area (Å²) >= 11 is 0. The molecule has 0 radical (unpaired) electrons. The van der Waals surface area contributed by atoms with Crippen LogP contribution in [0.3, 0.4) is 0 Å². The van der Waals surface area contributed by atoms with E-state index in [9.17, 15) is 35.9 Å². The third kappa shape index (κ3) is 7.17. The second-order valence-corrected chi connectivity index (χ2v) is 10.7. The van der Waals surface area contributed by atoms with Crippen molar-refractivity contribution in [2.24, 2.45) is 0 Å². The first kappa shape index (κ1) is 31.0. The van der Waals surface area contributed by atoms with Gasteiger partial charge in [-0.05, 0) is 66.8 Å². The highest BCUT2D eigenvalue weighted by Gasteiger charge is 2.40. The van der Waals surface area contributed by atoms with E-state index in [2.05, 4.69) is 4.98 Å². The third-order valence-corrected chi connectivity index (χ3v) is 7.60. The maximum atomic E-state index is 13.8. The summed E-state index contributed by atoms with van der Waals surface area (Å²) in [5, 5.41) is 0.990. The number of alkyl halides is 6. The van der Waals surface area contributed by atoms with E-state index < -0.39 is 53.4 Å². The molecule has 1 aromatic heterocycles. The molecule has 1 aliphatic rings.